The number of alkyl halides is 2. The summed E-state index contributed by atoms with van der Waals surface area (Å²) >= 11 is 0. The van der Waals surface area contributed by atoms with Crippen LogP contribution in [0.15, 0.2) is 6.20 Å². The number of ether oxygens (including phenoxy) is 2. The number of amides is 1. The molecule has 3 fully saturated rings. The maximum atomic E-state index is 12.5. The van der Waals surface area contributed by atoms with Crippen molar-refractivity contribution in [3.8, 4) is 5.75 Å². The lowest BCUT2D eigenvalue weighted by atomic mass is 9.86. The van der Waals surface area contributed by atoms with E-state index in [1.54, 1.807) is 13.8 Å². The van der Waals surface area contributed by atoms with E-state index in [2.05, 4.69) is 19.4 Å². The van der Waals surface area contributed by atoms with Crippen molar-refractivity contribution >= 4 is 16.1 Å². The summed E-state index contributed by atoms with van der Waals surface area (Å²) in [7, 11) is -3.50. The van der Waals surface area contributed by atoms with Crippen molar-refractivity contribution in [2.75, 3.05) is 12.9 Å². The first-order chi connectivity index (χ1) is 15.9. The molecule has 2 N–H and O–H groups in total. The maximum Gasteiger partial charge on any atom is 0.407 e. The minimum atomic E-state index is -3.50. The van der Waals surface area contributed by atoms with Gasteiger partial charge in [-0.05, 0) is 51.9 Å². The molecule has 1 saturated heterocycles. The number of halogens is 2. The molecular weight excluding hydrogens is 474 g/mol. The molecule has 2 aliphatic carbocycles. The van der Waals surface area contributed by atoms with Crippen LogP contribution < -0.4 is 9.46 Å². The van der Waals surface area contributed by atoms with E-state index in [0.29, 0.717) is 24.4 Å². The Balaban J connectivity index is 1.38. The number of nitrogens with zero attached hydrogens (tertiary/aromatic N) is 3. The van der Waals surface area contributed by atoms with Crippen LogP contribution >= 0.6 is 0 Å². The third-order valence-corrected chi connectivity index (χ3v) is 8.00. The molecule has 3 aliphatic rings. The van der Waals surface area contributed by atoms with Gasteiger partial charge in [-0.3, -0.25) is 4.90 Å². The van der Waals surface area contributed by atoms with Crippen molar-refractivity contribution in [2.24, 2.45) is 5.92 Å². The molecule has 190 valence electrons. The van der Waals surface area contributed by atoms with Gasteiger partial charge in [0.1, 0.15) is 5.82 Å². The molecule has 4 rings (SSSR count). The van der Waals surface area contributed by atoms with E-state index >= 15 is 0 Å². The number of aromatic nitrogens is 2. The van der Waals surface area contributed by atoms with Crippen LogP contribution in [0.4, 0.5) is 13.6 Å². The number of likely N-dealkylation sites (tertiary alicyclic amines) is 1. The molecule has 6 atom stereocenters. The van der Waals surface area contributed by atoms with Gasteiger partial charge in [-0.2, -0.15) is 8.78 Å². The molecule has 10 nitrogen and oxygen atoms in total. The van der Waals surface area contributed by atoms with Crippen molar-refractivity contribution in [2.45, 2.75) is 82.2 Å². The Labute approximate surface area is 197 Å². The Morgan fingerprint density at radius 2 is 2.15 bits per heavy atom. The van der Waals surface area contributed by atoms with Crippen LogP contribution in [0, 0.1) is 12.8 Å². The van der Waals surface area contributed by atoms with Gasteiger partial charge in [0.2, 0.25) is 10.0 Å². The third-order valence-electron chi connectivity index (χ3n) is 7.27. The van der Waals surface area contributed by atoms with Gasteiger partial charge >= 0.3 is 12.7 Å². The lowest BCUT2D eigenvalue weighted by Gasteiger charge is -2.32. The summed E-state index contributed by atoms with van der Waals surface area (Å²) in [6, 6.07) is -1.48. The fourth-order valence-electron chi connectivity index (χ4n) is 5.62. The van der Waals surface area contributed by atoms with Crippen LogP contribution in [-0.2, 0) is 20.2 Å². The standard InChI is InChI=1S/C21H30F2N4O6S/c1-11-6-15(26-34(3,30)31)16(27(11)20(28)29)10-32-14-4-5-21(8-13(21)7-14)18-24-9-17(12(2)25-18)33-19(22)23/h9,11,13-16,19,26H,4-8,10H2,1-3H3,(H,28,29)/t11-,13?,14?,15+,16+,21?/m1/s1. The number of rotatable bonds is 8. The zero-order valence-electron chi connectivity index (χ0n) is 19.3. The molecule has 0 radical (unpaired) electrons. The fourth-order valence-corrected chi connectivity index (χ4v) is 6.42. The number of carbonyl (C=O) groups is 1. The quantitative estimate of drug-likeness (QED) is 0.551. The van der Waals surface area contributed by atoms with Crippen LogP contribution in [0.1, 0.15) is 50.5 Å². The molecule has 34 heavy (non-hydrogen) atoms. The number of nitrogens with one attached hydrogen (secondary N) is 1. The number of hydrogen-bond acceptors (Lipinski definition) is 7. The minimum absolute atomic E-state index is 0.0320. The van der Waals surface area contributed by atoms with Crippen LogP contribution in [0.25, 0.3) is 0 Å². The molecule has 2 heterocycles. The van der Waals surface area contributed by atoms with Gasteiger partial charge in [0.15, 0.2) is 5.75 Å². The van der Waals surface area contributed by atoms with Gasteiger partial charge in [-0.25, -0.2) is 27.9 Å². The molecule has 1 aromatic rings. The maximum absolute atomic E-state index is 12.5. The summed E-state index contributed by atoms with van der Waals surface area (Å²) in [5.74, 6) is 0.889. The summed E-state index contributed by atoms with van der Waals surface area (Å²) in [5.41, 5.74) is 0.181. The zero-order valence-corrected chi connectivity index (χ0v) is 20.1. The molecule has 0 spiro atoms. The summed E-state index contributed by atoms with van der Waals surface area (Å²) in [6.07, 6.45) is 4.66. The van der Waals surface area contributed by atoms with E-state index in [-0.39, 0.29) is 35.8 Å². The van der Waals surface area contributed by atoms with Gasteiger partial charge in [0, 0.05) is 17.5 Å². The van der Waals surface area contributed by atoms with Gasteiger partial charge in [-0.1, -0.05) is 0 Å². The van der Waals surface area contributed by atoms with Crippen molar-refractivity contribution in [3.63, 3.8) is 0 Å². The average Bonchev–Trinajstić information content (AvgIpc) is 3.37. The van der Waals surface area contributed by atoms with E-state index in [1.165, 1.54) is 11.1 Å². The number of fused-ring (bicyclic) bond motifs is 1. The average molecular weight is 505 g/mol. The zero-order chi connectivity index (χ0) is 24.8. The highest BCUT2D eigenvalue weighted by molar-refractivity contribution is 7.88. The van der Waals surface area contributed by atoms with E-state index in [9.17, 15) is 27.1 Å². The van der Waals surface area contributed by atoms with Crippen LogP contribution in [-0.4, -0.2) is 78.2 Å². The first-order valence-corrected chi connectivity index (χ1v) is 13.2. The predicted molar refractivity (Wildman–Crippen MR) is 116 cm³/mol. The molecule has 1 amide bonds. The second-order valence-corrected chi connectivity index (χ2v) is 11.4. The first-order valence-electron chi connectivity index (χ1n) is 11.3. The second kappa shape index (κ2) is 9.15. The topological polar surface area (TPSA) is 131 Å². The monoisotopic (exact) mass is 504 g/mol. The summed E-state index contributed by atoms with van der Waals surface area (Å²) < 4.78 is 61.6. The predicted octanol–water partition coefficient (Wildman–Crippen LogP) is 2.27. The normalized spacial score (nSPS) is 33.1. The molecule has 0 aromatic carbocycles. The molecule has 13 heteroatoms. The fraction of sp³-hybridized carbons (Fsp3) is 0.762. The van der Waals surface area contributed by atoms with Crippen molar-refractivity contribution in [1.82, 2.24) is 19.6 Å². The Bertz CT molecular complexity index is 1040. The first kappa shape index (κ1) is 25.0. The third kappa shape index (κ3) is 5.10. The lowest BCUT2D eigenvalue weighted by Crippen LogP contribution is -2.50. The number of carboxylic acid groups (broad SMARTS) is 1. The summed E-state index contributed by atoms with van der Waals surface area (Å²) in [4.78, 5) is 21.8. The molecule has 0 bridgehead atoms. The molecule has 3 unspecified atom stereocenters. The Hall–Kier alpha value is -2.12. The number of sulfonamides is 1. The van der Waals surface area contributed by atoms with Crippen molar-refractivity contribution in [1.29, 1.82) is 0 Å². The van der Waals surface area contributed by atoms with Gasteiger partial charge in [-0.15, -0.1) is 0 Å². The highest BCUT2D eigenvalue weighted by atomic mass is 32.2. The van der Waals surface area contributed by atoms with E-state index in [4.69, 9.17) is 4.74 Å². The SMILES string of the molecule is Cc1nc(C23CCC(OC[C@H]4[C@@H](NS(C)(=O)=O)C[C@@H](C)N4C(=O)O)CC2C3)ncc1OC(F)F. The van der Waals surface area contributed by atoms with Gasteiger partial charge in [0.05, 0.1) is 36.9 Å². The summed E-state index contributed by atoms with van der Waals surface area (Å²) in [6.45, 7) is 0.538. The van der Waals surface area contributed by atoms with E-state index < -0.39 is 34.8 Å². The summed E-state index contributed by atoms with van der Waals surface area (Å²) in [5, 5.41) is 9.63. The lowest BCUT2D eigenvalue weighted by molar-refractivity contribution is -0.0509. The minimum Gasteiger partial charge on any atom is -0.465 e. The Kier molecular flexibility index (Phi) is 6.73. The highest BCUT2D eigenvalue weighted by Gasteiger charge is 2.60. The van der Waals surface area contributed by atoms with Crippen LogP contribution in [0.5, 0.6) is 5.75 Å². The Morgan fingerprint density at radius 1 is 1.41 bits per heavy atom. The van der Waals surface area contributed by atoms with Crippen LogP contribution in [0.3, 0.4) is 0 Å². The van der Waals surface area contributed by atoms with Crippen molar-refractivity contribution < 1.29 is 36.6 Å². The smallest absolute Gasteiger partial charge is 0.407 e. The highest BCUT2D eigenvalue weighted by Crippen LogP contribution is 2.61. The molecule has 2 saturated carbocycles. The van der Waals surface area contributed by atoms with E-state index in [0.717, 1.165) is 25.5 Å². The largest absolute Gasteiger partial charge is 0.465 e. The van der Waals surface area contributed by atoms with Gasteiger partial charge < -0.3 is 14.6 Å². The molecular formula is C21H30F2N4O6S. The van der Waals surface area contributed by atoms with Crippen molar-refractivity contribution in [3.05, 3.63) is 17.7 Å². The van der Waals surface area contributed by atoms with E-state index in [1.807, 2.05) is 0 Å². The number of hydrogen-bond donors (Lipinski definition) is 2. The van der Waals surface area contributed by atoms with Gasteiger partial charge in [0.25, 0.3) is 0 Å². The Morgan fingerprint density at radius 3 is 2.74 bits per heavy atom. The molecule has 1 aromatic heterocycles. The van der Waals surface area contributed by atoms with Crippen LogP contribution in [0.2, 0.25) is 0 Å². The molecule has 1 aliphatic heterocycles. The second-order valence-electron chi connectivity index (χ2n) is 9.65. The number of aryl methyl sites for hydroxylation is 1.